The summed E-state index contributed by atoms with van der Waals surface area (Å²) in [6.07, 6.45) is 8.15. The molecule has 3 aromatic rings. The van der Waals surface area contributed by atoms with Crippen molar-refractivity contribution in [2.75, 3.05) is 60.5 Å². The van der Waals surface area contributed by atoms with Crippen molar-refractivity contribution >= 4 is 34.6 Å². The van der Waals surface area contributed by atoms with E-state index in [1.165, 1.54) is 25.2 Å². The van der Waals surface area contributed by atoms with Crippen LogP contribution >= 0.6 is 0 Å². The summed E-state index contributed by atoms with van der Waals surface area (Å²) in [5, 5.41) is 8.04. The van der Waals surface area contributed by atoms with Crippen molar-refractivity contribution in [3.05, 3.63) is 72.3 Å². The molecular weight excluding hydrogens is 635 g/mol. The maximum Gasteiger partial charge on any atom is 0.247 e. The zero-order chi connectivity index (χ0) is 34.9. The number of anilines is 5. The van der Waals surface area contributed by atoms with Gasteiger partial charge in [-0.1, -0.05) is 24.8 Å². The molecule has 4 aliphatic rings. The van der Waals surface area contributed by atoms with Crippen LogP contribution in [-0.4, -0.2) is 89.7 Å². The lowest BCUT2D eigenvalue weighted by Crippen LogP contribution is -2.61. The van der Waals surface area contributed by atoms with Crippen molar-refractivity contribution < 1.29 is 18.8 Å². The van der Waals surface area contributed by atoms with Gasteiger partial charge >= 0.3 is 0 Å². The van der Waals surface area contributed by atoms with Crippen molar-refractivity contribution in [1.82, 2.24) is 19.8 Å². The lowest BCUT2D eigenvalue weighted by Gasteiger charge is -2.49. The van der Waals surface area contributed by atoms with Gasteiger partial charge in [0.15, 0.2) is 5.82 Å². The molecule has 1 saturated carbocycles. The third-order valence-electron chi connectivity index (χ3n) is 10.8. The van der Waals surface area contributed by atoms with Gasteiger partial charge in [0.05, 0.1) is 36.8 Å². The first-order valence-corrected chi connectivity index (χ1v) is 17.9. The number of ether oxygens (including phenoxy) is 1. The third kappa shape index (κ3) is 7.01. The Bertz CT molecular complexity index is 1710. The van der Waals surface area contributed by atoms with E-state index in [2.05, 4.69) is 55.7 Å². The summed E-state index contributed by atoms with van der Waals surface area (Å²) in [4.78, 5) is 35.3. The number of piperidine rings is 1. The number of hydrogen-bond acceptors (Lipinski definition) is 10. The smallest absolute Gasteiger partial charge is 0.247 e. The van der Waals surface area contributed by atoms with Crippen LogP contribution in [0.25, 0.3) is 0 Å². The van der Waals surface area contributed by atoms with Crippen molar-refractivity contribution in [2.45, 2.75) is 83.1 Å². The molecule has 4 fully saturated rings. The Hall–Kier alpha value is -4.26. The molecule has 12 heteroatoms. The van der Waals surface area contributed by atoms with Crippen LogP contribution in [0, 0.1) is 12.7 Å². The minimum Gasteiger partial charge on any atom is -0.494 e. The van der Waals surface area contributed by atoms with E-state index in [-0.39, 0.29) is 17.8 Å². The maximum absolute atomic E-state index is 15.1. The first-order valence-electron chi connectivity index (χ1n) is 17.9. The quantitative estimate of drug-likeness (QED) is 0.240. The van der Waals surface area contributed by atoms with Crippen molar-refractivity contribution in [2.24, 2.45) is 0 Å². The van der Waals surface area contributed by atoms with Gasteiger partial charge in [0.1, 0.15) is 23.7 Å². The minimum atomic E-state index is -0.324. The number of carbonyl (C=O) groups is 1. The molecule has 266 valence electrons. The molecule has 4 heterocycles. The molecule has 1 unspecified atom stereocenters. The second-order valence-corrected chi connectivity index (χ2v) is 14.1. The molecule has 3 atom stereocenters. The number of methoxy groups -OCH3 is 1. The number of hydrogen-bond donors (Lipinski definition) is 2. The Morgan fingerprint density at radius 2 is 1.72 bits per heavy atom. The number of nitrogens with zero attached hydrogens (tertiary/aromatic N) is 6. The molecule has 2 N–H and O–H groups in total. The van der Waals surface area contributed by atoms with Crippen LogP contribution in [0.2, 0.25) is 0 Å². The number of aryl methyl sites for hydroxylation is 1. The molecule has 0 radical (unpaired) electrons. The van der Waals surface area contributed by atoms with Gasteiger partial charge in [0, 0.05) is 74.5 Å². The van der Waals surface area contributed by atoms with E-state index in [0.29, 0.717) is 71.0 Å². The minimum absolute atomic E-state index is 0.237. The Morgan fingerprint density at radius 3 is 2.40 bits per heavy atom. The van der Waals surface area contributed by atoms with Crippen LogP contribution in [0.1, 0.15) is 63.1 Å². The fraction of sp³-hybridized carbons (Fsp3) is 0.500. The van der Waals surface area contributed by atoms with E-state index in [9.17, 15) is 4.79 Å². The molecule has 2 aromatic carbocycles. The second-order valence-electron chi connectivity index (χ2n) is 14.1. The van der Waals surface area contributed by atoms with Crippen LogP contribution in [0.4, 0.5) is 33.1 Å². The Labute approximate surface area is 294 Å². The standard InChI is InChI=1S/C38H49FN8O3/c1-6-37(48)43-30-18-31(42-35-20-36(41-23-40-35)47-32(14-17-50-47)29-9-7-8-24(2)38(29)39)34(49-5)19-33(30)44-15-12-28(13-16-44)46-22-25(3)45(21-26(46)4)27-10-11-27/h6-9,18-20,23,25-28,32H,1,10-17,21-22H2,2-5H3,(H,43,48)(H,40,41,42)/t25-,26-,32?/m0/s1. The normalized spacial score (nSPS) is 23.6. The van der Waals surface area contributed by atoms with Gasteiger partial charge in [-0.25, -0.2) is 19.4 Å². The van der Waals surface area contributed by atoms with Crippen molar-refractivity contribution in [1.29, 1.82) is 0 Å². The molecule has 0 spiro atoms. The summed E-state index contributed by atoms with van der Waals surface area (Å²) in [6, 6.07) is 13.2. The maximum atomic E-state index is 15.1. The lowest BCUT2D eigenvalue weighted by atomic mass is 9.97. The van der Waals surface area contributed by atoms with E-state index < -0.39 is 0 Å². The summed E-state index contributed by atoms with van der Waals surface area (Å²) in [5.41, 5.74) is 3.33. The zero-order valence-electron chi connectivity index (χ0n) is 29.6. The van der Waals surface area contributed by atoms with Gasteiger partial charge in [-0.15, -0.1) is 0 Å². The Kier molecular flexibility index (Phi) is 9.94. The monoisotopic (exact) mass is 684 g/mol. The summed E-state index contributed by atoms with van der Waals surface area (Å²) in [5.74, 6) is 1.07. The fourth-order valence-corrected chi connectivity index (χ4v) is 8.00. The van der Waals surface area contributed by atoms with Gasteiger partial charge in [-0.05, 0) is 64.2 Å². The molecule has 11 nitrogen and oxygen atoms in total. The van der Waals surface area contributed by atoms with E-state index in [4.69, 9.17) is 9.57 Å². The zero-order valence-corrected chi connectivity index (χ0v) is 29.6. The first-order chi connectivity index (χ1) is 24.2. The number of halogens is 1. The van der Waals surface area contributed by atoms with Gasteiger partial charge in [-0.2, -0.15) is 0 Å². The summed E-state index contributed by atoms with van der Waals surface area (Å²) in [6.45, 7) is 14.7. The van der Waals surface area contributed by atoms with E-state index in [1.54, 1.807) is 37.3 Å². The average molecular weight is 685 g/mol. The van der Waals surface area contributed by atoms with Crippen LogP contribution < -0.4 is 25.3 Å². The molecule has 3 saturated heterocycles. The molecule has 1 aromatic heterocycles. The SMILES string of the molecule is C=CC(=O)Nc1cc(Nc2cc(N3OCCC3c3cccc(C)c3F)ncn2)c(OC)cc1N1CCC(N2C[C@H](C)N(C3CC3)C[C@@H]2C)CC1. The van der Waals surface area contributed by atoms with Gasteiger partial charge in [0.2, 0.25) is 5.91 Å². The topological polar surface area (TPSA) is 98.3 Å². The van der Waals surface area contributed by atoms with E-state index in [1.807, 2.05) is 18.2 Å². The predicted octanol–water partition coefficient (Wildman–Crippen LogP) is 6.21. The highest BCUT2D eigenvalue weighted by atomic mass is 19.1. The number of rotatable bonds is 10. The number of hydroxylamine groups is 1. The fourth-order valence-electron chi connectivity index (χ4n) is 8.00. The van der Waals surface area contributed by atoms with Crippen LogP contribution in [-0.2, 0) is 9.63 Å². The highest BCUT2D eigenvalue weighted by Gasteiger charge is 2.40. The second kappa shape index (κ2) is 14.5. The number of nitrogens with one attached hydrogen (secondary N) is 2. The van der Waals surface area contributed by atoms with E-state index >= 15 is 4.39 Å². The number of amides is 1. The van der Waals surface area contributed by atoms with Gasteiger partial charge < -0.3 is 20.3 Å². The van der Waals surface area contributed by atoms with Crippen molar-refractivity contribution in [3.63, 3.8) is 0 Å². The molecule has 50 heavy (non-hydrogen) atoms. The molecule has 1 amide bonds. The van der Waals surface area contributed by atoms with Gasteiger partial charge in [0.25, 0.3) is 0 Å². The molecule has 7 rings (SSSR count). The Balaban J connectivity index is 1.09. The number of aromatic nitrogens is 2. The lowest BCUT2D eigenvalue weighted by molar-refractivity contribution is -0.111. The summed E-state index contributed by atoms with van der Waals surface area (Å²) >= 11 is 0. The summed E-state index contributed by atoms with van der Waals surface area (Å²) < 4.78 is 21.0. The number of piperazine rings is 1. The number of benzene rings is 2. The first kappa shape index (κ1) is 34.2. The van der Waals surface area contributed by atoms with Gasteiger partial charge in [-0.3, -0.25) is 19.4 Å². The third-order valence-corrected chi connectivity index (χ3v) is 10.8. The molecule has 0 bridgehead atoms. The Morgan fingerprint density at radius 1 is 1.00 bits per heavy atom. The van der Waals surface area contributed by atoms with Crippen LogP contribution in [0.15, 0.2) is 55.4 Å². The van der Waals surface area contributed by atoms with Crippen LogP contribution in [0.3, 0.4) is 0 Å². The van der Waals surface area contributed by atoms with E-state index in [0.717, 1.165) is 50.7 Å². The largest absolute Gasteiger partial charge is 0.494 e. The highest BCUT2D eigenvalue weighted by molar-refractivity contribution is 6.02. The molecule has 1 aliphatic carbocycles. The summed E-state index contributed by atoms with van der Waals surface area (Å²) in [7, 11) is 1.63. The number of carbonyl (C=O) groups excluding carboxylic acids is 1. The molecule has 3 aliphatic heterocycles. The predicted molar refractivity (Wildman–Crippen MR) is 195 cm³/mol. The molecular formula is C38H49FN8O3. The highest BCUT2D eigenvalue weighted by Crippen LogP contribution is 2.41. The van der Waals surface area contributed by atoms with Crippen LogP contribution in [0.5, 0.6) is 5.75 Å². The average Bonchev–Trinajstić information content (AvgIpc) is 3.86. The van der Waals surface area contributed by atoms with Crippen molar-refractivity contribution in [3.8, 4) is 5.75 Å².